The summed E-state index contributed by atoms with van der Waals surface area (Å²) >= 11 is 1.80. The Hall–Kier alpha value is -0.0500. The van der Waals surface area contributed by atoms with Gasteiger partial charge in [0.15, 0.2) is 0 Å². The molecule has 1 nitrogen and oxygen atoms in total. The fourth-order valence-corrected chi connectivity index (χ4v) is 2.39. The van der Waals surface area contributed by atoms with Crippen molar-refractivity contribution < 1.29 is 0 Å². The summed E-state index contributed by atoms with van der Waals surface area (Å²) in [5.74, 6) is 0. The van der Waals surface area contributed by atoms with Gasteiger partial charge in [-0.15, -0.1) is 12.4 Å². The number of aryl methyl sites for hydroxylation is 1. The highest BCUT2D eigenvalue weighted by Gasteiger charge is 2.14. The van der Waals surface area contributed by atoms with Crippen molar-refractivity contribution in [2.45, 2.75) is 25.3 Å². The van der Waals surface area contributed by atoms with Crippen LogP contribution in [0.15, 0.2) is 10.8 Å². The highest BCUT2D eigenvalue weighted by Crippen LogP contribution is 2.23. The van der Waals surface area contributed by atoms with Crippen LogP contribution >= 0.6 is 23.7 Å². The van der Waals surface area contributed by atoms with Crippen LogP contribution in [0.25, 0.3) is 0 Å². The third-order valence-corrected chi connectivity index (χ3v) is 2.94. The second-order valence-electron chi connectivity index (χ2n) is 2.93. The van der Waals surface area contributed by atoms with Gasteiger partial charge in [0, 0.05) is 6.04 Å². The van der Waals surface area contributed by atoms with E-state index in [2.05, 4.69) is 10.8 Å². The molecule has 62 valence electrons. The molecule has 1 aromatic heterocycles. The SMILES string of the molecule is Cl.NC1CCc2cscc2C1. The van der Waals surface area contributed by atoms with Crippen LogP contribution in [-0.2, 0) is 12.8 Å². The monoisotopic (exact) mass is 189 g/mol. The smallest absolute Gasteiger partial charge is 0.00828 e. The molecule has 1 atom stereocenters. The van der Waals surface area contributed by atoms with Gasteiger partial charge >= 0.3 is 0 Å². The number of nitrogens with two attached hydrogens (primary N) is 1. The summed E-state index contributed by atoms with van der Waals surface area (Å²) in [6.07, 6.45) is 3.46. The van der Waals surface area contributed by atoms with Crippen molar-refractivity contribution in [3.63, 3.8) is 0 Å². The predicted molar refractivity (Wildman–Crippen MR) is 51.6 cm³/mol. The van der Waals surface area contributed by atoms with Gasteiger partial charge in [0.1, 0.15) is 0 Å². The molecule has 0 aromatic carbocycles. The number of hydrogen-bond acceptors (Lipinski definition) is 2. The summed E-state index contributed by atoms with van der Waals surface area (Å²) in [7, 11) is 0. The van der Waals surface area contributed by atoms with Crippen LogP contribution in [0.5, 0.6) is 0 Å². The first-order valence-electron chi connectivity index (χ1n) is 3.66. The summed E-state index contributed by atoms with van der Waals surface area (Å²) < 4.78 is 0. The first-order chi connectivity index (χ1) is 4.86. The van der Waals surface area contributed by atoms with Crippen LogP contribution in [0.3, 0.4) is 0 Å². The normalized spacial score (nSPS) is 22.1. The van der Waals surface area contributed by atoms with Crippen molar-refractivity contribution in [1.82, 2.24) is 0 Å². The molecule has 3 heteroatoms. The summed E-state index contributed by atoms with van der Waals surface area (Å²) in [6.45, 7) is 0. The molecule has 1 aromatic rings. The number of rotatable bonds is 0. The lowest BCUT2D eigenvalue weighted by molar-refractivity contribution is 0.579. The van der Waals surface area contributed by atoms with Gasteiger partial charge in [-0.05, 0) is 41.1 Å². The molecule has 2 rings (SSSR count). The van der Waals surface area contributed by atoms with Crippen molar-refractivity contribution in [3.05, 3.63) is 21.9 Å². The Morgan fingerprint density at radius 3 is 2.91 bits per heavy atom. The lowest BCUT2D eigenvalue weighted by Gasteiger charge is -2.17. The minimum absolute atomic E-state index is 0. The molecule has 0 amide bonds. The molecule has 0 spiro atoms. The van der Waals surface area contributed by atoms with E-state index in [1.165, 1.54) is 24.0 Å². The minimum atomic E-state index is 0. The maximum Gasteiger partial charge on any atom is 0.00828 e. The molecule has 0 saturated heterocycles. The quantitative estimate of drug-likeness (QED) is 0.664. The number of fused-ring (bicyclic) bond motifs is 1. The average molecular weight is 190 g/mol. The first kappa shape index (κ1) is 9.04. The van der Waals surface area contributed by atoms with E-state index in [-0.39, 0.29) is 12.4 Å². The fraction of sp³-hybridized carbons (Fsp3) is 0.500. The van der Waals surface area contributed by atoms with E-state index in [0.717, 1.165) is 6.42 Å². The zero-order valence-corrected chi connectivity index (χ0v) is 7.88. The second kappa shape index (κ2) is 3.57. The van der Waals surface area contributed by atoms with E-state index in [1.807, 2.05) is 0 Å². The van der Waals surface area contributed by atoms with Gasteiger partial charge in [0.25, 0.3) is 0 Å². The van der Waals surface area contributed by atoms with Crippen LogP contribution in [0, 0.1) is 0 Å². The molecule has 0 aliphatic heterocycles. The van der Waals surface area contributed by atoms with Crippen LogP contribution in [0.1, 0.15) is 17.5 Å². The molecular formula is C8H12ClNS. The Morgan fingerprint density at radius 1 is 1.36 bits per heavy atom. The predicted octanol–water partition coefficient (Wildman–Crippen LogP) is 1.99. The zero-order valence-electron chi connectivity index (χ0n) is 6.25. The van der Waals surface area contributed by atoms with Crippen LogP contribution in [0.4, 0.5) is 0 Å². The van der Waals surface area contributed by atoms with E-state index < -0.39 is 0 Å². The molecule has 1 aliphatic carbocycles. The fourth-order valence-electron chi connectivity index (χ4n) is 1.47. The third kappa shape index (κ3) is 1.75. The maximum atomic E-state index is 5.81. The van der Waals surface area contributed by atoms with Crippen molar-refractivity contribution in [2.24, 2.45) is 5.73 Å². The Bertz CT molecular complexity index is 234. The van der Waals surface area contributed by atoms with Crippen LogP contribution < -0.4 is 5.73 Å². The Balaban J connectivity index is 0.000000605. The molecule has 11 heavy (non-hydrogen) atoms. The van der Waals surface area contributed by atoms with Crippen molar-refractivity contribution in [1.29, 1.82) is 0 Å². The molecule has 0 saturated carbocycles. The van der Waals surface area contributed by atoms with Crippen molar-refractivity contribution in [2.75, 3.05) is 0 Å². The second-order valence-corrected chi connectivity index (χ2v) is 3.67. The Kier molecular flexibility index (Phi) is 2.93. The first-order valence-corrected chi connectivity index (χ1v) is 4.60. The average Bonchev–Trinajstić information content (AvgIpc) is 2.33. The maximum absolute atomic E-state index is 5.81. The lowest BCUT2D eigenvalue weighted by atomic mass is 9.92. The molecule has 1 heterocycles. The molecular weight excluding hydrogens is 178 g/mol. The van der Waals surface area contributed by atoms with E-state index in [0.29, 0.717) is 6.04 Å². The summed E-state index contributed by atoms with van der Waals surface area (Å²) in [6, 6.07) is 0.419. The summed E-state index contributed by atoms with van der Waals surface area (Å²) in [4.78, 5) is 0. The molecule has 0 radical (unpaired) electrons. The van der Waals surface area contributed by atoms with Gasteiger partial charge in [-0.3, -0.25) is 0 Å². The van der Waals surface area contributed by atoms with Crippen molar-refractivity contribution in [3.8, 4) is 0 Å². The van der Waals surface area contributed by atoms with Gasteiger partial charge in [-0.1, -0.05) is 0 Å². The number of thiophene rings is 1. The summed E-state index contributed by atoms with van der Waals surface area (Å²) in [5.41, 5.74) is 8.84. The van der Waals surface area contributed by atoms with E-state index in [1.54, 1.807) is 11.3 Å². The minimum Gasteiger partial charge on any atom is -0.327 e. The van der Waals surface area contributed by atoms with Gasteiger partial charge in [-0.25, -0.2) is 0 Å². The van der Waals surface area contributed by atoms with E-state index in [9.17, 15) is 0 Å². The van der Waals surface area contributed by atoms with E-state index >= 15 is 0 Å². The molecule has 1 unspecified atom stereocenters. The van der Waals surface area contributed by atoms with Crippen LogP contribution in [-0.4, -0.2) is 6.04 Å². The van der Waals surface area contributed by atoms with Crippen LogP contribution in [0.2, 0.25) is 0 Å². The van der Waals surface area contributed by atoms with Gasteiger partial charge in [0.2, 0.25) is 0 Å². The lowest BCUT2D eigenvalue weighted by Crippen LogP contribution is -2.26. The molecule has 2 N–H and O–H groups in total. The number of halogens is 1. The van der Waals surface area contributed by atoms with Gasteiger partial charge in [0.05, 0.1) is 0 Å². The summed E-state index contributed by atoms with van der Waals surface area (Å²) in [5, 5.41) is 4.48. The number of hydrogen-bond donors (Lipinski definition) is 1. The largest absolute Gasteiger partial charge is 0.327 e. The van der Waals surface area contributed by atoms with Gasteiger partial charge in [-0.2, -0.15) is 11.3 Å². The van der Waals surface area contributed by atoms with Gasteiger partial charge < -0.3 is 5.73 Å². The zero-order chi connectivity index (χ0) is 6.97. The highest BCUT2D eigenvalue weighted by atomic mass is 35.5. The molecule has 1 aliphatic rings. The van der Waals surface area contributed by atoms with Crippen molar-refractivity contribution >= 4 is 23.7 Å². The highest BCUT2D eigenvalue weighted by molar-refractivity contribution is 7.08. The Morgan fingerprint density at radius 2 is 2.09 bits per heavy atom. The molecule has 0 bridgehead atoms. The topological polar surface area (TPSA) is 26.0 Å². The standard InChI is InChI=1S/C8H11NS.ClH/c9-8-2-1-6-4-10-5-7(6)3-8;/h4-5,8H,1-3,9H2;1H. The third-order valence-electron chi connectivity index (χ3n) is 2.10. The Labute approximate surface area is 77.0 Å². The molecule has 0 fully saturated rings. The van der Waals surface area contributed by atoms with E-state index in [4.69, 9.17) is 5.73 Å².